The van der Waals surface area contributed by atoms with Crippen molar-refractivity contribution in [1.29, 1.82) is 0 Å². The number of carbonyl (C=O) groups excluding carboxylic acids is 2. The van der Waals surface area contributed by atoms with Crippen molar-refractivity contribution in [3.05, 3.63) is 29.8 Å². The lowest BCUT2D eigenvalue weighted by molar-refractivity contribution is -0.123. The zero-order valence-corrected chi connectivity index (χ0v) is 13.8. The highest BCUT2D eigenvalue weighted by Gasteiger charge is 2.24. The predicted octanol–water partition coefficient (Wildman–Crippen LogP) is 2.37. The van der Waals surface area contributed by atoms with Crippen molar-refractivity contribution in [2.75, 3.05) is 13.7 Å². The number of ether oxygens (including phenoxy) is 1. The molecule has 1 atom stereocenters. The fraction of sp³-hybridized carbons (Fsp3) is 0.529. The summed E-state index contributed by atoms with van der Waals surface area (Å²) >= 11 is 0. The Labute approximate surface area is 132 Å². The van der Waals surface area contributed by atoms with Gasteiger partial charge < -0.3 is 15.4 Å². The fourth-order valence-electron chi connectivity index (χ4n) is 2.00. The number of unbranched alkanes of at least 4 members (excludes halogenated alkanes) is 1. The van der Waals surface area contributed by atoms with Crippen LogP contribution in [0.2, 0.25) is 0 Å². The SMILES string of the molecule is CCCCNC(=O)[C@@H](NC(=O)c1ccc(OC)cc1)C(C)C. The van der Waals surface area contributed by atoms with E-state index < -0.39 is 6.04 Å². The Morgan fingerprint density at radius 3 is 2.32 bits per heavy atom. The van der Waals surface area contributed by atoms with E-state index in [-0.39, 0.29) is 17.7 Å². The lowest BCUT2D eigenvalue weighted by atomic mass is 10.0. The molecule has 0 fully saturated rings. The van der Waals surface area contributed by atoms with Crippen LogP contribution in [0, 0.1) is 5.92 Å². The van der Waals surface area contributed by atoms with Crippen LogP contribution in [0.1, 0.15) is 44.0 Å². The molecule has 0 aromatic heterocycles. The monoisotopic (exact) mass is 306 g/mol. The van der Waals surface area contributed by atoms with Gasteiger partial charge in [-0.2, -0.15) is 0 Å². The van der Waals surface area contributed by atoms with E-state index in [1.165, 1.54) is 0 Å². The number of carbonyl (C=O) groups is 2. The molecule has 22 heavy (non-hydrogen) atoms. The van der Waals surface area contributed by atoms with Gasteiger partial charge in [0, 0.05) is 12.1 Å². The van der Waals surface area contributed by atoms with Crippen LogP contribution in [-0.2, 0) is 4.79 Å². The first-order chi connectivity index (χ1) is 10.5. The Morgan fingerprint density at radius 1 is 1.18 bits per heavy atom. The van der Waals surface area contributed by atoms with Gasteiger partial charge in [0.15, 0.2) is 0 Å². The van der Waals surface area contributed by atoms with Gasteiger partial charge in [-0.25, -0.2) is 0 Å². The van der Waals surface area contributed by atoms with Gasteiger partial charge in [0.2, 0.25) is 5.91 Å². The van der Waals surface area contributed by atoms with Gasteiger partial charge in [0.1, 0.15) is 11.8 Å². The Balaban J connectivity index is 2.68. The summed E-state index contributed by atoms with van der Waals surface area (Å²) < 4.78 is 5.07. The number of hydrogen-bond acceptors (Lipinski definition) is 3. The molecule has 0 aliphatic rings. The minimum atomic E-state index is -0.536. The van der Waals surface area contributed by atoms with Gasteiger partial charge in [0.25, 0.3) is 5.91 Å². The Morgan fingerprint density at radius 2 is 1.82 bits per heavy atom. The highest BCUT2D eigenvalue weighted by molar-refractivity contribution is 5.97. The van der Waals surface area contributed by atoms with Gasteiger partial charge in [-0.05, 0) is 36.6 Å². The predicted molar refractivity (Wildman–Crippen MR) is 87.0 cm³/mol. The third kappa shape index (κ3) is 5.39. The van der Waals surface area contributed by atoms with Crippen molar-refractivity contribution in [3.8, 4) is 5.75 Å². The summed E-state index contributed by atoms with van der Waals surface area (Å²) in [6, 6.07) is 6.27. The molecule has 0 saturated heterocycles. The summed E-state index contributed by atoms with van der Waals surface area (Å²) in [7, 11) is 1.57. The first-order valence-electron chi connectivity index (χ1n) is 7.72. The van der Waals surface area contributed by atoms with Gasteiger partial charge in [-0.3, -0.25) is 9.59 Å². The third-order valence-electron chi connectivity index (χ3n) is 3.42. The molecular weight excluding hydrogens is 280 g/mol. The number of hydrogen-bond donors (Lipinski definition) is 2. The Hall–Kier alpha value is -2.04. The van der Waals surface area contributed by atoms with Crippen molar-refractivity contribution in [2.45, 2.75) is 39.7 Å². The first-order valence-corrected chi connectivity index (χ1v) is 7.72. The molecule has 0 spiro atoms. The normalized spacial score (nSPS) is 11.9. The van der Waals surface area contributed by atoms with E-state index in [4.69, 9.17) is 4.74 Å². The van der Waals surface area contributed by atoms with Crippen LogP contribution in [0.5, 0.6) is 5.75 Å². The smallest absolute Gasteiger partial charge is 0.251 e. The highest BCUT2D eigenvalue weighted by Crippen LogP contribution is 2.12. The third-order valence-corrected chi connectivity index (χ3v) is 3.42. The Bertz CT molecular complexity index is 483. The quantitative estimate of drug-likeness (QED) is 0.725. The number of benzene rings is 1. The summed E-state index contributed by atoms with van der Waals surface area (Å²) in [4.78, 5) is 24.4. The van der Waals surface area contributed by atoms with Crippen LogP contribution >= 0.6 is 0 Å². The molecule has 1 aromatic rings. The van der Waals surface area contributed by atoms with Crippen LogP contribution in [-0.4, -0.2) is 31.5 Å². The van der Waals surface area contributed by atoms with Crippen LogP contribution < -0.4 is 15.4 Å². The lowest BCUT2D eigenvalue weighted by Gasteiger charge is -2.21. The van der Waals surface area contributed by atoms with Crippen molar-refractivity contribution in [2.24, 2.45) is 5.92 Å². The topological polar surface area (TPSA) is 67.4 Å². The number of nitrogens with one attached hydrogen (secondary N) is 2. The van der Waals surface area contributed by atoms with Crippen molar-refractivity contribution in [3.63, 3.8) is 0 Å². The maximum atomic E-state index is 12.3. The summed E-state index contributed by atoms with van der Waals surface area (Å²) in [5.74, 6) is 0.315. The first kappa shape index (κ1) is 18.0. The molecule has 122 valence electrons. The van der Waals surface area contributed by atoms with Crippen molar-refractivity contribution in [1.82, 2.24) is 10.6 Å². The number of amides is 2. The van der Waals surface area contributed by atoms with E-state index in [2.05, 4.69) is 17.6 Å². The second kappa shape index (κ2) is 9.07. The fourth-order valence-corrected chi connectivity index (χ4v) is 2.00. The van der Waals surface area contributed by atoms with Crippen LogP contribution in [0.15, 0.2) is 24.3 Å². The van der Waals surface area contributed by atoms with E-state index in [0.717, 1.165) is 12.8 Å². The highest BCUT2D eigenvalue weighted by atomic mass is 16.5. The molecule has 2 N–H and O–H groups in total. The van der Waals surface area contributed by atoms with E-state index in [9.17, 15) is 9.59 Å². The molecular formula is C17H26N2O3. The molecule has 0 radical (unpaired) electrons. The van der Waals surface area contributed by atoms with E-state index in [1.54, 1.807) is 31.4 Å². The largest absolute Gasteiger partial charge is 0.497 e. The van der Waals surface area contributed by atoms with Crippen LogP contribution in [0.25, 0.3) is 0 Å². The molecule has 5 nitrogen and oxygen atoms in total. The molecule has 0 aliphatic heterocycles. The van der Waals surface area contributed by atoms with E-state index >= 15 is 0 Å². The second-order valence-corrected chi connectivity index (χ2v) is 5.57. The molecule has 2 amide bonds. The maximum Gasteiger partial charge on any atom is 0.251 e. The number of methoxy groups -OCH3 is 1. The van der Waals surface area contributed by atoms with Crippen LogP contribution in [0.4, 0.5) is 0 Å². The molecule has 0 heterocycles. The number of rotatable bonds is 8. The van der Waals surface area contributed by atoms with Crippen LogP contribution in [0.3, 0.4) is 0 Å². The van der Waals surface area contributed by atoms with E-state index in [1.807, 2.05) is 13.8 Å². The van der Waals surface area contributed by atoms with Crippen molar-refractivity contribution < 1.29 is 14.3 Å². The maximum absolute atomic E-state index is 12.3. The molecule has 0 saturated carbocycles. The van der Waals surface area contributed by atoms with Gasteiger partial charge in [-0.1, -0.05) is 27.2 Å². The summed E-state index contributed by atoms with van der Waals surface area (Å²) in [5.41, 5.74) is 0.507. The molecule has 0 unspecified atom stereocenters. The van der Waals surface area contributed by atoms with Crippen molar-refractivity contribution >= 4 is 11.8 Å². The average Bonchev–Trinajstić information content (AvgIpc) is 2.52. The molecule has 5 heteroatoms. The summed E-state index contributed by atoms with van der Waals surface area (Å²) in [5, 5.41) is 5.67. The molecule has 0 bridgehead atoms. The zero-order chi connectivity index (χ0) is 16.5. The van der Waals surface area contributed by atoms with Gasteiger partial charge >= 0.3 is 0 Å². The average molecular weight is 306 g/mol. The minimum Gasteiger partial charge on any atom is -0.497 e. The molecule has 1 rings (SSSR count). The molecule has 0 aliphatic carbocycles. The zero-order valence-electron chi connectivity index (χ0n) is 13.8. The van der Waals surface area contributed by atoms with E-state index in [0.29, 0.717) is 17.9 Å². The summed E-state index contributed by atoms with van der Waals surface area (Å²) in [6.45, 7) is 6.53. The minimum absolute atomic E-state index is 0.0174. The lowest BCUT2D eigenvalue weighted by Crippen LogP contribution is -2.49. The Kier molecular flexibility index (Phi) is 7.43. The second-order valence-electron chi connectivity index (χ2n) is 5.57. The molecule has 1 aromatic carbocycles. The van der Waals surface area contributed by atoms with Gasteiger partial charge in [-0.15, -0.1) is 0 Å². The summed E-state index contributed by atoms with van der Waals surface area (Å²) in [6.07, 6.45) is 1.95. The standard InChI is InChI=1S/C17H26N2O3/c1-5-6-11-18-17(21)15(12(2)3)19-16(20)13-7-9-14(22-4)10-8-13/h7-10,12,15H,5-6,11H2,1-4H3,(H,18,21)(H,19,20)/t15-/m0/s1. The van der Waals surface area contributed by atoms with Gasteiger partial charge in [0.05, 0.1) is 7.11 Å².